The Labute approximate surface area is 165 Å². The lowest BCUT2D eigenvalue weighted by atomic mass is 10.2. The molecule has 0 amide bonds. The van der Waals surface area contributed by atoms with Gasteiger partial charge in [0.15, 0.2) is 0 Å². The van der Waals surface area contributed by atoms with Gasteiger partial charge < -0.3 is 29.4 Å². The number of nitrogens with zero attached hydrogens (tertiary/aromatic N) is 1. The summed E-state index contributed by atoms with van der Waals surface area (Å²) in [5.41, 5.74) is -1.76. The van der Waals surface area contributed by atoms with Crippen molar-refractivity contribution in [3.05, 3.63) is 32.1 Å². The van der Waals surface area contributed by atoms with Crippen LogP contribution in [0.15, 0.2) is 15.8 Å². The van der Waals surface area contributed by atoms with Crippen LogP contribution in [0.4, 0.5) is 0 Å². The van der Waals surface area contributed by atoms with Crippen LogP contribution in [0, 0.1) is 0 Å². The molecule has 6 N–H and O–H groups in total. The van der Waals surface area contributed by atoms with E-state index < -0.39 is 59.8 Å². The molecule has 0 radical (unpaired) electrons. The first-order valence-electron chi connectivity index (χ1n) is 7.21. The molecule has 0 spiro atoms. The van der Waals surface area contributed by atoms with Gasteiger partial charge in [0.05, 0.1) is 12.7 Å². The monoisotopic (exact) mass is 502 g/mol. The molecule has 0 saturated carbocycles. The Bertz CT molecular complexity index is 1020. The average Bonchev–Trinajstić information content (AvgIpc) is 2.86. The van der Waals surface area contributed by atoms with Crippen molar-refractivity contribution in [3.8, 4) is 0 Å². The van der Waals surface area contributed by atoms with Crippen LogP contribution in [0.25, 0.3) is 0 Å². The molecule has 1 aliphatic heterocycles. The number of aromatic nitrogens is 2. The number of hydrogen-bond acceptors (Lipinski definition) is 10. The highest BCUT2D eigenvalue weighted by Crippen LogP contribution is 2.66. The van der Waals surface area contributed by atoms with Crippen LogP contribution in [0.1, 0.15) is 12.6 Å². The summed E-state index contributed by atoms with van der Waals surface area (Å²) >= 11 is 5.61. The molecule has 166 valence electrons. The third-order valence-corrected chi connectivity index (χ3v) is 7.33. The number of ether oxygens (including phenoxy) is 1. The summed E-state index contributed by atoms with van der Waals surface area (Å²) in [5, 5.41) is 9.60. The Hall–Kier alpha value is -0.700. The largest absolute Gasteiger partial charge is 0.490 e. The maximum Gasteiger partial charge on any atom is 0.490 e. The van der Waals surface area contributed by atoms with E-state index in [0.717, 1.165) is 10.8 Å². The van der Waals surface area contributed by atoms with Crippen LogP contribution in [-0.2, 0) is 31.6 Å². The van der Waals surface area contributed by atoms with Gasteiger partial charge in [-0.15, -0.1) is 0 Å². The number of rotatable bonds is 8. The lowest BCUT2D eigenvalue weighted by Crippen LogP contribution is -2.32. The third kappa shape index (κ3) is 7.19. The molecule has 1 saturated heterocycles. The van der Waals surface area contributed by atoms with Crippen LogP contribution < -0.4 is 11.2 Å². The maximum absolute atomic E-state index is 11.8. The average molecular weight is 503 g/mol. The minimum Gasteiger partial charge on any atom is -0.390 e. The van der Waals surface area contributed by atoms with Crippen molar-refractivity contribution in [2.75, 3.05) is 6.61 Å². The fourth-order valence-electron chi connectivity index (χ4n) is 2.18. The van der Waals surface area contributed by atoms with Crippen molar-refractivity contribution in [1.29, 1.82) is 0 Å². The first kappa shape index (κ1) is 24.6. The molecular formula is C9H14ClN2O14P3. The molecule has 5 atom stereocenters. The number of phosphoric ester groups is 1. The van der Waals surface area contributed by atoms with Crippen molar-refractivity contribution >= 4 is 35.1 Å². The maximum atomic E-state index is 11.8. The second kappa shape index (κ2) is 8.81. The van der Waals surface area contributed by atoms with E-state index in [4.69, 9.17) is 31.0 Å². The number of aliphatic hydroxyl groups is 1. The zero-order chi connectivity index (χ0) is 22.2. The molecule has 2 heterocycles. The minimum atomic E-state index is -5.69. The van der Waals surface area contributed by atoms with Crippen LogP contribution in [0.2, 0.25) is 5.02 Å². The second-order valence-corrected chi connectivity index (χ2v) is 10.3. The van der Waals surface area contributed by atoms with Crippen molar-refractivity contribution < 1.29 is 56.3 Å². The molecule has 2 rings (SSSR count). The zero-order valence-electron chi connectivity index (χ0n) is 13.8. The molecular weight excluding hydrogens is 488 g/mol. The number of H-pyrrole nitrogens is 1. The van der Waals surface area contributed by atoms with E-state index in [2.05, 4.69) is 13.1 Å². The molecule has 29 heavy (non-hydrogen) atoms. The highest BCUT2D eigenvalue weighted by atomic mass is 35.5. The van der Waals surface area contributed by atoms with Gasteiger partial charge in [-0.05, 0) is 0 Å². The van der Waals surface area contributed by atoms with Crippen LogP contribution in [0.3, 0.4) is 0 Å². The van der Waals surface area contributed by atoms with E-state index in [1.54, 1.807) is 0 Å². The molecule has 5 unspecified atom stereocenters. The fraction of sp³-hybridized carbons (Fsp3) is 0.556. The van der Waals surface area contributed by atoms with E-state index in [-0.39, 0.29) is 11.4 Å². The molecule has 1 aliphatic rings. The summed E-state index contributed by atoms with van der Waals surface area (Å²) in [4.78, 5) is 60.3. The Morgan fingerprint density at radius 1 is 1.17 bits per heavy atom. The molecule has 0 aromatic carbocycles. The standard InChI is InChI=1S/C9H14ClN2O14P3/c10-4-2-12(9(15)11-8(4)14)7-1-5(13)6(24-7)3-23-28(19,20)26-29(21,22)25-27(16,17)18/h2,5-7,13H,1,3H2,(H,19,20)(H,21,22)(H,11,14,15)(H2,16,17,18). The molecule has 1 aromatic heterocycles. The molecule has 20 heteroatoms. The topological polar surface area (TPSA) is 244 Å². The molecule has 1 fully saturated rings. The van der Waals surface area contributed by atoms with Crippen molar-refractivity contribution in [3.63, 3.8) is 0 Å². The van der Waals surface area contributed by atoms with Gasteiger partial charge in [-0.1, -0.05) is 11.6 Å². The van der Waals surface area contributed by atoms with Gasteiger partial charge in [0.1, 0.15) is 17.4 Å². The first-order valence-corrected chi connectivity index (χ1v) is 12.1. The number of hydrogen-bond donors (Lipinski definition) is 6. The van der Waals surface area contributed by atoms with Crippen LogP contribution in [-0.4, -0.2) is 53.0 Å². The van der Waals surface area contributed by atoms with E-state index >= 15 is 0 Å². The summed E-state index contributed by atoms with van der Waals surface area (Å²) in [6.45, 7) is -0.910. The van der Waals surface area contributed by atoms with Crippen molar-refractivity contribution in [2.45, 2.75) is 24.9 Å². The predicted octanol–water partition coefficient (Wildman–Crippen LogP) is -0.818. The van der Waals surface area contributed by atoms with Gasteiger partial charge in [-0.3, -0.25) is 18.9 Å². The predicted molar refractivity (Wildman–Crippen MR) is 90.7 cm³/mol. The Kier molecular flexibility index (Phi) is 7.46. The molecule has 0 aliphatic carbocycles. The summed E-state index contributed by atoms with van der Waals surface area (Å²) in [6, 6.07) is 0. The van der Waals surface area contributed by atoms with Gasteiger partial charge in [0.2, 0.25) is 0 Å². The molecule has 1 aromatic rings. The zero-order valence-corrected chi connectivity index (χ0v) is 17.2. The normalized spacial score (nSPS) is 26.8. The first-order chi connectivity index (χ1) is 13.1. The third-order valence-electron chi connectivity index (χ3n) is 3.26. The smallest absolute Gasteiger partial charge is 0.390 e. The lowest BCUT2D eigenvalue weighted by Gasteiger charge is -2.19. The lowest BCUT2D eigenvalue weighted by molar-refractivity contribution is -0.0450. The van der Waals surface area contributed by atoms with E-state index in [0.29, 0.717) is 0 Å². The van der Waals surface area contributed by atoms with Crippen LogP contribution in [0.5, 0.6) is 0 Å². The van der Waals surface area contributed by atoms with Crippen molar-refractivity contribution in [1.82, 2.24) is 9.55 Å². The Balaban J connectivity index is 2.03. The summed E-state index contributed by atoms with van der Waals surface area (Å²) < 4.78 is 51.0. The number of aromatic amines is 1. The number of phosphoric acid groups is 3. The summed E-state index contributed by atoms with van der Waals surface area (Å²) in [7, 11) is -16.6. The number of aliphatic hydroxyl groups excluding tert-OH is 1. The SMILES string of the molecule is O=c1[nH]c(=O)n(C2CC(O)C(COP(=O)(O)OP(=O)(O)OP(=O)(O)O)O2)cc1Cl. The Morgan fingerprint density at radius 3 is 2.38 bits per heavy atom. The van der Waals surface area contributed by atoms with Gasteiger partial charge >= 0.3 is 29.2 Å². The number of halogens is 1. The highest BCUT2D eigenvalue weighted by Gasteiger charge is 2.42. The van der Waals surface area contributed by atoms with Crippen LogP contribution >= 0.6 is 35.1 Å². The number of nitrogens with one attached hydrogen (secondary N) is 1. The van der Waals surface area contributed by atoms with Gasteiger partial charge in [0.25, 0.3) is 5.56 Å². The van der Waals surface area contributed by atoms with Gasteiger partial charge in [-0.25, -0.2) is 18.5 Å². The molecule has 0 bridgehead atoms. The quantitative estimate of drug-likeness (QED) is 0.238. The van der Waals surface area contributed by atoms with E-state index in [1.807, 2.05) is 4.98 Å². The Morgan fingerprint density at radius 2 is 1.79 bits per heavy atom. The van der Waals surface area contributed by atoms with E-state index in [1.165, 1.54) is 0 Å². The molecule has 16 nitrogen and oxygen atoms in total. The highest BCUT2D eigenvalue weighted by molar-refractivity contribution is 7.66. The minimum absolute atomic E-state index is 0.229. The van der Waals surface area contributed by atoms with Crippen molar-refractivity contribution in [2.24, 2.45) is 0 Å². The summed E-state index contributed by atoms with van der Waals surface area (Å²) in [5.74, 6) is 0. The van der Waals surface area contributed by atoms with Gasteiger partial charge in [0, 0.05) is 12.6 Å². The van der Waals surface area contributed by atoms with E-state index in [9.17, 15) is 33.3 Å². The summed E-state index contributed by atoms with van der Waals surface area (Å²) in [6.07, 6.45) is -3.13. The van der Waals surface area contributed by atoms with Gasteiger partial charge in [-0.2, -0.15) is 8.62 Å². The fourth-order valence-corrected chi connectivity index (χ4v) is 5.36. The second-order valence-electron chi connectivity index (χ2n) is 5.46.